The van der Waals surface area contributed by atoms with Crippen LogP contribution in [0.3, 0.4) is 0 Å². The molecule has 0 amide bonds. The lowest BCUT2D eigenvalue weighted by atomic mass is 9.88. The summed E-state index contributed by atoms with van der Waals surface area (Å²) in [4.78, 5) is 0. The molecule has 0 spiro atoms. The topological polar surface area (TPSA) is 32.3 Å². The maximum atomic E-state index is 10.2. The van der Waals surface area contributed by atoms with Gasteiger partial charge in [-0.3, -0.25) is 0 Å². The minimum atomic E-state index is -0.447. The maximum absolute atomic E-state index is 10.2. The number of hydrogen-bond acceptors (Lipinski definition) is 2. The molecule has 0 aromatic carbocycles. The Bertz CT molecular complexity index is 150. The summed E-state index contributed by atoms with van der Waals surface area (Å²) in [5.74, 6) is 0.784. The van der Waals surface area contributed by atoms with Crippen molar-refractivity contribution in [2.45, 2.75) is 58.0 Å². The average molecular weight is 199 g/mol. The van der Waals surface area contributed by atoms with E-state index in [1.54, 1.807) is 0 Å². The van der Waals surface area contributed by atoms with Gasteiger partial charge in [0.2, 0.25) is 0 Å². The number of rotatable bonds is 6. The zero-order valence-electron chi connectivity index (χ0n) is 9.68. The highest BCUT2D eigenvalue weighted by Gasteiger charge is 2.26. The SMILES string of the molecule is CCNCCC(C)(O)CC1CCCC1. The predicted octanol–water partition coefficient (Wildman–Crippen LogP) is 2.32. The second kappa shape index (κ2) is 5.72. The van der Waals surface area contributed by atoms with E-state index < -0.39 is 5.60 Å². The van der Waals surface area contributed by atoms with Gasteiger partial charge in [-0.25, -0.2) is 0 Å². The molecule has 1 aliphatic carbocycles. The summed E-state index contributed by atoms with van der Waals surface area (Å²) in [6, 6.07) is 0. The van der Waals surface area contributed by atoms with Crippen molar-refractivity contribution in [2.24, 2.45) is 5.92 Å². The van der Waals surface area contributed by atoms with Crippen molar-refractivity contribution in [1.82, 2.24) is 5.32 Å². The fourth-order valence-corrected chi connectivity index (χ4v) is 2.47. The third-order valence-electron chi connectivity index (χ3n) is 3.29. The van der Waals surface area contributed by atoms with Crippen molar-refractivity contribution in [3.05, 3.63) is 0 Å². The summed E-state index contributed by atoms with van der Waals surface area (Å²) in [7, 11) is 0. The lowest BCUT2D eigenvalue weighted by molar-refractivity contribution is 0.0266. The molecule has 1 fully saturated rings. The van der Waals surface area contributed by atoms with Crippen LogP contribution in [0.25, 0.3) is 0 Å². The van der Waals surface area contributed by atoms with E-state index in [2.05, 4.69) is 12.2 Å². The first kappa shape index (κ1) is 12.0. The molecule has 2 nitrogen and oxygen atoms in total. The third kappa shape index (κ3) is 4.43. The molecule has 2 heteroatoms. The number of hydrogen-bond donors (Lipinski definition) is 2. The summed E-state index contributed by atoms with van der Waals surface area (Å²) in [6.45, 7) is 6.03. The minimum Gasteiger partial charge on any atom is -0.390 e. The fourth-order valence-electron chi connectivity index (χ4n) is 2.47. The molecule has 0 aliphatic heterocycles. The molecular weight excluding hydrogens is 174 g/mol. The summed E-state index contributed by atoms with van der Waals surface area (Å²) >= 11 is 0. The predicted molar refractivity (Wildman–Crippen MR) is 60.4 cm³/mol. The normalized spacial score (nSPS) is 22.5. The highest BCUT2D eigenvalue weighted by molar-refractivity contribution is 4.80. The molecule has 84 valence electrons. The maximum Gasteiger partial charge on any atom is 0.0634 e. The Morgan fingerprint density at radius 2 is 2.00 bits per heavy atom. The first-order valence-corrected chi connectivity index (χ1v) is 6.07. The van der Waals surface area contributed by atoms with E-state index >= 15 is 0 Å². The van der Waals surface area contributed by atoms with Gasteiger partial charge in [0.1, 0.15) is 0 Å². The highest BCUT2D eigenvalue weighted by atomic mass is 16.3. The summed E-state index contributed by atoms with van der Waals surface area (Å²) in [5.41, 5.74) is -0.447. The van der Waals surface area contributed by atoms with E-state index in [-0.39, 0.29) is 0 Å². The summed E-state index contributed by atoms with van der Waals surface area (Å²) in [6.07, 6.45) is 7.28. The van der Waals surface area contributed by atoms with E-state index in [4.69, 9.17) is 0 Å². The molecule has 1 atom stereocenters. The summed E-state index contributed by atoms with van der Waals surface area (Å²) < 4.78 is 0. The lowest BCUT2D eigenvalue weighted by Crippen LogP contribution is -2.31. The number of aliphatic hydroxyl groups is 1. The zero-order valence-corrected chi connectivity index (χ0v) is 9.68. The molecule has 1 saturated carbocycles. The van der Waals surface area contributed by atoms with Crippen LogP contribution >= 0.6 is 0 Å². The molecule has 1 aliphatic rings. The largest absolute Gasteiger partial charge is 0.390 e. The van der Waals surface area contributed by atoms with Gasteiger partial charge >= 0.3 is 0 Å². The smallest absolute Gasteiger partial charge is 0.0634 e. The van der Waals surface area contributed by atoms with E-state index in [0.717, 1.165) is 31.8 Å². The van der Waals surface area contributed by atoms with Crippen molar-refractivity contribution in [3.8, 4) is 0 Å². The van der Waals surface area contributed by atoms with Crippen molar-refractivity contribution < 1.29 is 5.11 Å². The summed E-state index contributed by atoms with van der Waals surface area (Å²) in [5, 5.41) is 13.4. The van der Waals surface area contributed by atoms with E-state index in [0.29, 0.717) is 0 Å². The van der Waals surface area contributed by atoms with Crippen LogP contribution in [0.2, 0.25) is 0 Å². The second-order valence-corrected chi connectivity index (χ2v) is 4.96. The molecule has 0 saturated heterocycles. The van der Waals surface area contributed by atoms with Crippen LogP contribution in [0.15, 0.2) is 0 Å². The monoisotopic (exact) mass is 199 g/mol. The van der Waals surface area contributed by atoms with Gasteiger partial charge in [0, 0.05) is 0 Å². The molecule has 1 unspecified atom stereocenters. The second-order valence-electron chi connectivity index (χ2n) is 4.96. The van der Waals surface area contributed by atoms with Crippen molar-refractivity contribution >= 4 is 0 Å². The number of nitrogens with one attached hydrogen (secondary N) is 1. The highest BCUT2D eigenvalue weighted by Crippen LogP contribution is 2.32. The van der Waals surface area contributed by atoms with Gasteiger partial charge in [0.15, 0.2) is 0 Å². The average Bonchev–Trinajstić information content (AvgIpc) is 2.56. The first-order chi connectivity index (χ1) is 6.64. The third-order valence-corrected chi connectivity index (χ3v) is 3.29. The molecule has 0 aromatic rings. The molecule has 0 radical (unpaired) electrons. The van der Waals surface area contributed by atoms with Gasteiger partial charge in [-0.05, 0) is 38.8 Å². The standard InChI is InChI=1S/C12H25NO/c1-3-13-9-8-12(2,14)10-11-6-4-5-7-11/h11,13-14H,3-10H2,1-2H3. The molecule has 14 heavy (non-hydrogen) atoms. The molecular formula is C12H25NO. The van der Waals surface area contributed by atoms with Crippen LogP contribution in [-0.2, 0) is 0 Å². The molecule has 0 heterocycles. The Balaban J connectivity index is 2.18. The van der Waals surface area contributed by atoms with Crippen molar-refractivity contribution in [3.63, 3.8) is 0 Å². The van der Waals surface area contributed by atoms with Crippen LogP contribution in [0.4, 0.5) is 0 Å². The fraction of sp³-hybridized carbons (Fsp3) is 1.00. The van der Waals surface area contributed by atoms with Gasteiger partial charge in [-0.2, -0.15) is 0 Å². The van der Waals surface area contributed by atoms with Crippen LogP contribution in [0.1, 0.15) is 52.4 Å². The molecule has 0 bridgehead atoms. The van der Waals surface area contributed by atoms with Gasteiger partial charge in [0.25, 0.3) is 0 Å². The van der Waals surface area contributed by atoms with Gasteiger partial charge in [-0.15, -0.1) is 0 Å². The molecule has 0 aromatic heterocycles. The quantitative estimate of drug-likeness (QED) is 0.643. The van der Waals surface area contributed by atoms with Gasteiger partial charge < -0.3 is 10.4 Å². The van der Waals surface area contributed by atoms with E-state index in [1.807, 2.05) is 6.92 Å². The van der Waals surface area contributed by atoms with E-state index in [9.17, 15) is 5.11 Å². The Labute approximate surface area is 88.1 Å². The van der Waals surface area contributed by atoms with Crippen LogP contribution in [-0.4, -0.2) is 23.8 Å². The van der Waals surface area contributed by atoms with E-state index in [1.165, 1.54) is 25.7 Å². The molecule has 2 N–H and O–H groups in total. The van der Waals surface area contributed by atoms with Crippen LogP contribution in [0, 0.1) is 5.92 Å². The van der Waals surface area contributed by atoms with Gasteiger partial charge in [0.05, 0.1) is 5.60 Å². The Morgan fingerprint density at radius 1 is 1.36 bits per heavy atom. The van der Waals surface area contributed by atoms with Crippen LogP contribution < -0.4 is 5.32 Å². The van der Waals surface area contributed by atoms with Crippen molar-refractivity contribution in [2.75, 3.05) is 13.1 Å². The molecule has 1 rings (SSSR count). The van der Waals surface area contributed by atoms with Crippen LogP contribution in [0.5, 0.6) is 0 Å². The minimum absolute atomic E-state index is 0.447. The van der Waals surface area contributed by atoms with Crippen molar-refractivity contribution in [1.29, 1.82) is 0 Å². The Kier molecular flexibility index (Phi) is 4.90. The Hall–Kier alpha value is -0.0800. The zero-order chi connectivity index (χ0) is 10.4. The first-order valence-electron chi connectivity index (χ1n) is 6.07. The Morgan fingerprint density at radius 3 is 2.57 bits per heavy atom. The lowest BCUT2D eigenvalue weighted by Gasteiger charge is -2.26. The van der Waals surface area contributed by atoms with Gasteiger partial charge in [-0.1, -0.05) is 32.6 Å².